The fourth-order valence-corrected chi connectivity index (χ4v) is 3.23. The summed E-state index contributed by atoms with van der Waals surface area (Å²) in [5.74, 6) is -0.584. The second-order valence-corrected chi connectivity index (χ2v) is 7.00. The molecule has 24 heavy (non-hydrogen) atoms. The maximum Gasteiger partial charge on any atom is 0.312 e. The van der Waals surface area contributed by atoms with Crippen LogP contribution in [0.4, 0.5) is 11.4 Å². The molecule has 2 aromatic rings. The van der Waals surface area contributed by atoms with Crippen LogP contribution in [0.25, 0.3) is 0 Å². The summed E-state index contributed by atoms with van der Waals surface area (Å²) in [5.41, 5.74) is 0.818. The Balaban J connectivity index is 2.22. The molecule has 0 heterocycles. The van der Waals surface area contributed by atoms with Crippen molar-refractivity contribution in [1.82, 2.24) is 0 Å². The molecule has 8 heteroatoms. The molecule has 0 amide bonds. The van der Waals surface area contributed by atoms with Gasteiger partial charge in [-0.25, -0.2) is 8.42 Å². The summed E-state index contributed by atoms with van der Waals surface area (Å²) in [6.45, 7) is 2.10. The third-order valence-electron chi connectivity index (χ3n) is 3.48. The molecule has 128 valence electrons. The highest BCUT2D eigenvalue weighted by atomic mass is 32.2. The molecule has 0 spiro atoms. The van der Waals surface area contributed by atoms with E-state index in [1.54, 1.807) is 12.1 Å². The van der Waals surface area contributed by atoms with Gasteiger partial charge in [0.15, 0.2) is 5.75 Å². The Hall–Kier alpha value is -2.61. The van der Waals surface area contributed by atoms with Gasteiger partial charge < -0.3 is 5.11 Å². The van der Waals surface area contributed by atoms with Crippen LogP contribution in [0, 0.1) is 10.1 Å². The van der Waals surface area contributed by atoms with Gasteiger partial charge in [-0.15, -0.1) is 0 Å². The van der Waals surface area contributed by atoms with Crippen molar-refractivity contribution in [3.05, 3.63) is 58.1 Å². The topological polar surface area (TPSA) is 110 Å². The Labute approximate surface area is 140 Å². The minimum atomic E-state index is -3.98. The maximum atomic E-state index is 12.3. The second-order valence-electron chi connectivity index (χ2n) is 5.31. The van der Waals surface area contributed by atoms with Crippen LogP contribution in [0.1, 0.15) is 25.3 Å². The third kappa shape index (κ3) is 4.23. The van der Waals surface area contributed by atoms with Gasteiger partial charge in [0.05, 0.1) is 9.82 Å². The lowest BCUT2D eigenvalue weighted by atomic mass is 10.1. The number of unbranched alkanes of at least 4 members (excludes halogenated alkanes) is 1. The Morgan fingerprint density at radius 1 is 1.17 bits per heavy atom. The molecular weight excluding hydrogens is 332 g/mol. The SMILES string of the molecule is CCCCc1ccc(NS(=O)(=O)c2ccc(O)c([N+](=O)[O-])c2)cc1. The van der Waals surface area contributed by atoms with Crippen molar-refractivity contribution in [3.63, 3.8) is 0 Å². The molecule has 0 aliphatic heterocycles. The number of phenols is 1. The van der Waals surface area contributed by atoms with Crippen molar-refractivity contribution < 1.29 is 18.4 Å². The highest BCUT2D eigenvalue weighted by molar-refractivity contribution is 7.92. The number of hydrogen-bond acceptors (Lipinski definition) is 5. The third-order valence-corrected chi connectivity index (χ3v) is 4.86. The average molecular weight is 350 g/mol. The van der Waals surface area contributed by atoms with E-state index in [-0.39, 0.29) is 4.90 Å². The minimum Gasteiger partial charge on any atom is -0.502 e. The summed E-state index contributed by atoms with van der Waals surface area (Å²) in [7, 11) is -3.98. The number of benzene rings is 2. The van der Waals surface area contributed by atoms with Crippen LogP contribution in [-0.4, -0.2) is 18.4 Å². The van der Waals surface area contributed by atoms with Crippen molar-refractivity contribution in [3.8, 4) is 5.75 Å². The summed E-state index contributed by atoms with van der Waals surface area (Å²) < 4.78 is 27.0. The molecular formula is C16H18N2O5S. The van der Waals surface area contributed by atoms with Crippen LogP contribution in [-0.2, 0) is 16.4 Å². The number of rotatable bonds is 7. The molecule has 0 atom stereocenters. The lowest BCUT2D eigenvalue weighted by molar-refractivity contribution is -0.386. The van der Waals surface area contributed by atoms with Gasteiger partial charge >= 0.3 is 5.69 Å². The van der Waals surface area contributed by atoms with E-state index < -0.39 is 26.4 Å². The molecule has 0 unspecified atom stereocenters. The quantitative estimate of drug-likeness (QED) is 0.587. The Morgan fingerprint density at radius 3 is 2.42 bits per heavy atom. The van der Waals surface area contributed by atoms with Crippen molar-refractivity contribution in [2.24, 2.45) is 0 Å². The standard InChI is InChI=1S/C16H18N2O5S/c1-2-3-4-12-5-7-13(8-6-12)17-24(22,23)14-9-10-16(19)15(11-14)18(20)21/h5-11,17,19H,2-4H2,1H3. The predicted molar refractivity (Wildman–Crippen MR) is 90.6 cm³/mol. The maximum absolute atomic E-state index is 12.3. The summed E-state index contributed by atoms with van der Waals surface area (Å²) in [6.07, 6.45) is 3.06. The molecule has 0 aliphatic rings. The summed E-state index contributed by atoms with van der Waals surface area (Å²) in [5, 5.41) is 20.2. The second kappa shape index (κ2) is 7.31. The van der Waals surface area contributed by atoms with Crippen molar-refractivity contribution in [2.75, 3.05) is 4.72 Å². The molecule has 7 nitrogen and oxygen atoms in total. The number of aromatic hydroxyl groups is 1. The van der Waals surface area contributed by atoms with E-state index in [1.165, 1.54) is 0 Å². The zero-order chi connectivity index (χ0) is 17.7. The number of hydrogen-bond donors (Lipinski definition) is 2. The smallest absolute Gasteiger partial charge is 0.312 e. The van der Waals surface area contributed by atoms with E-state index >= 15 is 0 Å². The average Bonchev–Trinajstić information content (AvgIpc) is 2.54. The van der Waals surface area contributed by atoms with Gasteiger partial charge in [0.1, 0.15) is 0 Å². The van der Waals surface area contributed by atoms with Crippen LogP contribution >= 0.6 is 0 Å². The monoisotopic (exact) mass is 350 g/mol. The predicted octanol–water partition coefficient (Wildman–Crippen LogP) is 3.44. The van der Waals surface area contributed by atoms with Crippen LogP contribution in [0.5, 0.6) is 5.75 Å². The van der Waals surface area contributed by atoms with Gasteiger partial charge in [-0.05, 0) is 42.7 Å². The van der Waals surface area contributed by atoms with Gasteiger partial charge in [0.2, 0.25) is 0 Å². The molecule has 0 saturated heterocycles. The van der Waals surface area contributed by atoms with Gasteiger partial charge in [-0.1, -0.05) is 25.5 Å². The molecule has 0 bridgehead atoms. The number of sulfonamides is 1. The van der Waals surface area contributed by atoms with Crippen LogP contribution < -0.4 is 4.72 Å². The van der Waals surface area contributed by atoms with Crippen molar-refractivity contribution in [2.45, 2.75) is 31.1 Å². The Morgan fingerprint density at radius 2 is 1.83 bits per heavy atom. The lowest BCUT2D eigenvalue weighted by Gasteiger charge is -2.09. The van der Waals surface area contributed by atoms with Crippen molar-refractivity contribution in [1.29, 1.82) is 0 Å². The first kappa shape index (κ1) is 17.7. The van der Waals surface area contributed by atoms with Gasteiger partial charge in [-0.3, -0.25) is 14.8 Å². The number of aryl methyl sites for hydroxylation is 1. The summed E-state index contributed by atoms with van der Waals surface area (Å²) >= 11 is 0. The number of nitro benzene ring substituents is 1. The van der Waals surface area contributed by atoms with E-state index in [0.29, 0.717) is 5.69 Å². The van der Waals surface area contributed by atoms with Gasteiger partial charge in [-0.2, -0.15) is 0 Å². The van der Waals surface area contributed by atoms with Crippen LogP contribution in [0.2, 0.25) is 0 Å². The largest absolute Gasteiger partial charge is 0.502 e. The Bertz CT molecular complexity index is 832. The molecule has 2 rings (SSSR count). The van der Waals surface area contributed by atoms with E-state index in [2.05, 4.69) is 11.6 Å². The first-order valence-corrected chi connectivity index (χ1v) is 8.91. The highest BCUT2D eigenvalue weighted by Crippen LogP contribution is 2.29. The van der Waals surface area contributed by atoms with Crippen molar-refractivity contribution >= 4 is 21.4 Å². The molecule has 0 aliphatic carbocycles. The van der Waals surface area contributed by atoms with Crippen LogP contribution in [0.3, 0.4) is 0 Å². The minimum absolute atomic E-state index is 0.290. The van der Waals surface area contributed by atoms with E-state index in [0.717, 1.165) is 43.0 Å². The number of anilines is 1. The molecule has 2 N–H and O–H groups in total. The zero-order valence-electron chi connectivity index (χ0n) is 13.1. The number of nitrogens with zero attached hydrogens (tertiary/aromatic N) is 1. The zero-order valence-corrected chi connectivity index (χ0v) is 13.9. The van der Waals surface area contributed by atoms with Gasteiger partial charge in [0, 0.05) is 11.8 Å². The van der Waals surface area contributed by atoms with E-state index in [4.69, 9.17) is 0 Å². The fraction of sp³-hybridized carbons (Fsp3) is 0.250. The van der Waals surface area contributed by atoms with Gasteiger partial charge in [0.25, 0.3) is 10.0 Å². The Kier molecular flexibility index (Phi) is 5.40. The molecule has 2 aromatic carbocycles. The van der Waals surface area contributed by atoms with E-state index in [9.17, 15) is 23.6 Å². The molecule has 0 saturated carbocycles. The molecule has 0 fully saturated rings. The first-order chi connectivity index (χ1) is 11.3. The van der Waals surface area contributed by atoms with Crippen LogP contribution in [0.15, 0.2) is 47.4 Å². The fourth-order valence-electron chi connectivity index (χ4n) is 2.15. The molecule has 0 aromatic heterocycles. The summed E-state index contributed by atoms with van der Waals surface area (Å²) in [4.78, 5) is 9.69. The lowest BCUT2D eigenvalue weighted by Crippen LogP contribution is -2.13. The summed E-state index contributed by atoms with van der Waals surface area (Å²) in [6, 6.07) is 9.91. The first-order valence-electron chi connectivity index (χ1n) is 7.42. The number of nitro groups is 1. The van der Waals surface area contributed by atoms with E-state index in [1.807, 2.05) is 12.1 Å². The highest BCUT2D eigenvalue weighted by Gasteiger charge is 2.21. The number of nitrogens with one attached hydrogen (secondary N) is 1. The number of phenolic OH excluding ortho intramolecular Hbond substituents is 1. The molecule has 0 radical (unpaired) electrons. The normalized spacial score (nSPS) is 11.2.